The van der Waals surface area contributed by atoms with Gasteiger partial charge in [0.05, 0.1) is 12.0 Å². The van der Waals surface area contributed by atoms with Crippen LogP contribution in [0.15, 0.2) is 28.8 Å². The quantitative estimate of drug-likeness (QED) is 0.760. The lowest BCUT2D eigenvalue weighted by atomic mass is 9.82. The van der Waals surface area contributed by atoms with Crippen molar-refractivity contribution in [3.8, 4) is 11.6 Å². The average molecular weight is 325 g/mol. The van der Waals surface area contributed by atoms with Crippen molar-refractivity contribution >= 4 is 0 Å². The molecular weight excluding hydrogens is 306 g/mol. The number of nitrogens with one attached hydrogen (secondary N) is 1. The van der Waals surface area contributed by atoms with Crippen molar-refractivity contribution in [2.45, 2.75) is 32.2 Å². The standard InChI is InChI=1S/C16H19N7O/c1-3-12-18-13(20-19-12)8-23-9-16(2,10-23)15-22-21-14(24-15)11-6-4-5-7-17-11/h4-7H,3,8-10H2,1-2H3,(H,18,19,20). The molecular formula is C16H19N7O. The summed E-state index contributed by atoms with van der Waals surface area (Å²) in [5, 5.41) is 15.5. The molecule has 24 heavy (non-hydrogen) atoms. The molecule has 0 unspecified atom stereocenters. The fraction of sp³-hybridized carbons (Fsp3) is 0.438. The Labute approximate surface area is 139 Å². The molecule has 1 saturated heterocycles. The molecule has 8 heteroatoms. The zero-order valence-corrected chi connectivity index (χ0v) is 13.7. The molecule has 0 spiro atoms. The Morgan fingerprint density at radius 2 is 2.17 bits per heavy atom. The van der Waals surface area contributed by atoms with Gasteiger partial charge in [0.25, 0.3) is 5.89 Å². The summed E-state index contributed by atoms with van der Waals surface area (Å²) in [6.07, 6.45) is 2.56. The van der Waals surface area contributed by atoms with Gasteiger partial charge in [-0.3, -0.25) is 15.0 Å². The molecule has 0 saturated carbocycles. The molecule has 3 aromatic rings. The van der Waals surface area contributed by atoms with Crippen LogP contribution >= 0.6 is 0 Å². The third-order valence-electron chi connectivity index (χ3n) is 4.24. The van der Waals surface area contributed by atoms with Gasteiger partial charge in [-0.05, 0) is 19.1 Å². The van der Waals surface area contributed by atoms with E-state index in [9.17, 15) is 0 Å². The fourth-order valence-electron chi connectivity index (χ4n) is 3.02. The zero-order chi connectivity index (χ0) is 16.6. The van der Waals surface area contributed by atoms with Gasteiger partial charge in [-0.15, -0.1) is 10.2 Å². The molecule has 0 aliphatic carbocycles. The Hall–Kier alpha value is -2.61. The molecule has 1 fully saturated rings. The minimum absolute atomic E-state index is 0.131. The van der Waals surface area contributed by atoms with E-state index >= 15 is 0 Å². The molecule has 124 valence electrons. The van der Waals surface area contributed by atoms with E-state index in [1.165, 1.54) is 0 Å². The number of hydrogen-bond acceptors (Lipinski definition) is 7. The average Bonchev–Trinajstić information content (AvgIpc) is 3.23. The van der Waals surface area contributed by atoms with Gasteiger partial charge in [0.1, 0.15) is 17.3 Å². The molecule has 0 amide bonds. The highest BCUT2D eigenvalue weighted by Gasteiger charge is 2.44. The van der Waals surface area contributed by atoms with Crippen LogP contribution < -0.4 is 0 Å². The van der Waals surface area contributed by atoms with Crippen LogP contribution in [-0.2, 0) is 18.4 Å². The van der Waals surface area contributed by atoms with E-state index in [1.807, 2.05) is 25.1 Å². The van der Waals surface area contributed by atoms with E-state index in [1.54, 1.807) is 6.20 Å². The van der Waals surface area contributed by atoms with Gasteiger partial charge < -0.3 is 4.42 Å². The second kappa shape index (κ2) is 5.79. The number of hydrogen-bond donors (Lipinski definition) is 1. The number of aromatic amines is 1. The van der Waals surface area contributed by atoms with Gasteiger partial charge in [0, 0.05) is 25.7 Å². The molecule has 0 aromatic carbocycles. The predicted octanol–water partition coefficient (Wildman–Crippen LogP) is 1.59. The van der Waals surface area contributed by atoms with E-state index in [0.29, 0.717) is 17.5 Å². The van der Waals surface area contributed by atoms with E-state index < -0.39 is 0 Å². The van der Waals surface area contributed by atoms with Crippen molar-refractivity contribution in [2.24, 2.45) is 0 Å². The third-order valence-corrected chi connectivity index (χ3v) is 4.24. The van der Waals surface area contributed by atoms with Gasteiger partial charge in [-0.25, -0.2) is 4.98 Å². The van der Waals surface area contributed by atoms with E-state index in [0.717, 1.165) is 37.7 Å². The Morgan fingerprint density at radius 3 is 2.88 bits per heavy atom. The minimum Gasteiger partial charge on any atom is -0.419 e. The first-order valence-corrected chi connectivity index (χ1v) is 8.04. The molecule has 4 rings (SSSR count). The maximum atomic E-state index is 5.85. The van der Waals surface area contributed by atoms with Crippen LogP contribution in [0.2, 0.25) is 0 Å². The maximum Gasteiger partial charge on any atom is 0.266 e. The third kappa shape index (κ3) is 2.69. The Bertz CT molecular complexity index is 820. The van der Waals surface area contributed by atoms with Crippen molar-refractivity contribution in [1.29, 1.82) is 0 Å². The normalized spacial score (nSPS) is 16.9. The summed E-state index contributed by atoms with van der Waals surface area (Å²) in [5.74, 6) is 2.87. The van der Waals surface area contributed by atoms with Crippen molar-refractivity contribution < 1.29 is 4.42 Å². The second-order valence-electron chi connectivity index (χ2n) is 6.39. The summed E-state index contributed by atoms with van der Waals surface area (Å²) in [6.45, 7) is 6.63. The molecule has 3 aromatic heterocycles. The van der Waals surface area contributed by atoms with Crippen LogP contribution in [-0.4, -0.2) is 48.4 Å². The van der Waals surface area contributed by atoms with Crippen LogP contribution in [0.3, 0.4) is 0 Å². The van der Waals surface area contributed by atoms with Crippen molar-refractivity contribution in [1.82, 2.24) is 35.3 Å². The summed E-state index contributed by atoms with van der Waals surface area (Å²) >= 11 is 0. The lowest BCUT2D eigenvalue weighted by Crippen LogP contribution is -2.57. The van der Waals surface area contributed by atoms with Gasteiger partial charge in [-0.2, -0.15) is 5.10 Å². The Kier molecular flexibility index (Phi) is 3.61. The van der Waals surface area contributed by atoms with E-state index in [-0.39, 0.29) is 5.41 Å². The van der Waals surface area contributed by atoms with Gasteiger partial charge in [-0.1, -0.05) is 13.0 Å². The highest BCUT2D eigenvalue weighted by molar-refractivity contribution is 5.45. The Balaban J connectivity index is 1.42. The van der Waals surface area contributed by atoms with E-state index in [2.05, 4.69) is 42.2 Å². The van der Waals surface area contributed by atoms with Crippen LogP contribution in [0.5, 0.6) is 0 Å². The topological polar surface area (TPSA) is 96.6 Å². The van der Waals surface area contributed by atoms with Gasteiger partial charge >= 0.3 is 0 Å². The summed E-state index contributed by atoms with van der Waals surface area (Å²) in [4.78, 5) is 11.0. The highest BCUT2D eigenvalue weighted by Crippen LogP contribution is 2.34. The van der Waals surface area contributed by atoms with Crippen LogP contribution in [0.1, 0.15) is 31.4 Å². The number of nitrogens with zero attached hydrogens (tertiary/aromatic N) is 6. The van der Waals surface area contributed by atoms with Crippen LogP contribution in [0, 0.1) is 0 Å². The summed E-state index contributed by atoms with van der Waals surface area (Å²) < 4.78 is 5.85. The number of rotatable bonds is 5. The molecule has 4 heterocycles. The molecule has 8 nitrogen and oxygen atoms in total. The first-order chi connectivity index (χ1) is 11.7. The Morgan fingerprint density at radius 1 is 1.29 bits per heavy atom. The first-order valence-electron chi connectivity index (χ1n) is 8.04. The summed E-state index contributed by atoms with van der Waals surface area (Å²) in [5.41, 5.74) is 0.568. The largest absolute Gasteiger partial charge is 0.419 e. The van der Waals surface area contributed by atoms with Crippen molar-refractivity contribution in [3.63, 3.8) is 0 Å². The highest BCUT2D eigenvalue weighted by atomic mass is 16.4. The molecule has 0 radical (unpaired) electrons. The van der Waals surface area contributed by atoms with Crippen LogP contribution in [0.25, 0.3) is 11.6 Å². The lowest BCUT2D eigenvalue weighted by molar-refractivity contribution is 0.0491. The summed E-state index contributed by atoms with van der Waals surface area (Å²) in [7, 11) is 0. The number of aromatic nitrogens is 6. The monoisotopic (exact) mass is 325 g/mol. The first kappa shape index (κ1) is 14.9. The number of aryl methyl sites for hydroxylation is 1. The van der Waals surface area contributed by atoms with Gasteiger partial charge in [0.2, 0.25) is 5.89 Å². The minimum atomic E-state index is -0.131. The number of H-pyrrole nitrogens is 1. The van der Waals surface area contributed by atoms with Crippen LogP contribution in [0.4, 0.5) is 0 Å². The molecule has 0 atom stereocenters. The molecule has 1 aliphatic rings. The molecule has 1 aliphatic heterocycles. The maximum absolute atomic E-state index is 5.85. The van der Waals surface area contributed by atoms with Crippen molar-refractivity contribution in [3.05, 3.63) is 41.9 Å². The molecule has 0 bridgehead atoms. The van der Waals surface area contributed by atoms with E-state index in [4.69, 9.17) is 4.42 Å². The number of pyridine rings is 1. The predicted molar refractivity (Wildman–Crippen MR) is 85.9 cm³/mol. The second-order valence-corrected chi connectivity index (χ2v) is 6.39. The fourth-order valence-corrected chi connectivity index (χ4v) is 3.02. The number of likely N-dealkylation sites (tertiary alicyclic amines) is 1. The van der Waals surface area contributed by atoms with Crippen molar-refractivity contribution in [2.75, 3.05) is 13.1 Å². The SMILES string of the molecule is CCc1n[nH]c(CN2CC(C)(c3nnc(-c4ccccn4)o3)C2)n1. The van der Waals surface area contributed by atoms with Gasteiger partial charge in [0.15, 0.2) is 0 Å². The summed E-state index contributed by atoms with van der Waals surface area (Å²) in [6, 6.07) is 5.63. The zero-order valence-electron chi connectivity index (χ0n) is 13.7. The molecule has 1 N–H and O–H groups in total. The lowest BCUT2D eigenvalue weighted by Gasteiger charge is -2.45. The smallest absolute Gasteiger partial charge is 0.266 e.